The first kappa shape index (κ1) is 11.3. The number of nitrogens with zero attached hydrogens (tertiary/aromatic N) is 1. The Morgan fingerprint density at radius 2 is 1.93 bits per heavy atom. The van der Waals surface area contributed by atoms with Gasteiger partial charge in [0.05, 0.1) is 31.9 Å². The minimum atomic E-state index is -0.846. The van der Waals surface area contributed by atoms with Crippen LogP contribution in [-0.2, 0) is 4.74 Å². The summed E-state index contributed by atoms with van der Waals surface area (Å²) in [5.74, 6) is 0.288. The topological polar surface area (TPSA) is 70.0 Å². The van der Waals surface area contributed by atoms with Crippen LogP contribution in [0.25, 0.3) is 0 Å². The number of rotatable bonds is 2. The van der Waals surface area contributed by atoms with E-state index in [1.165, 1.54) is 4.90 Å². The lowest BCUT2D eigenvalue weighted by molar-refractivity contribution is 0.0572. The maximum absolute atomic E-state index is 11.3. The van der Waals surface area contributed by atoms with Crippen molar-refractivity contribution in [2.45, 2.75) is 26.1 Å². The average molecular weight is 203 g/mol. The third-order valence-corrected chi connectivity index (χ3v) is 2.06. The van der Waals surface area contributed by atoms with Crippen LogP contribution in [-0.4, -0.2) is 53.1 Å². The molecule has 1 heterocycles. The van der Waals surface area contributed by atoms with Crippen molar-refractivity contribution >= 4 is 6.09 Å². The fourth-order valence-electron chi connectivity index (χ4n) is 1.25. The van der Waals surface area contributed by atoms with Gasteiger partial charge in [-0.3, -0.25) is 0 Å². The maximum Gasteiger partial charge on any atom is 0.409 e. The van der Waals surface area contributed by atoms with Crippen LogP contribution >= 0.6 is 0 Å². The van der Waals surface area contributed by atoms with Gasteiger partial charge in [-0.2, -0.15) is 0 Å². The van der Waals surface area contributed by atoms with E-state index in [4.69, 9.17) is 4.74 Å². The Morgan fingerprint density at radius 3 is 2.36 bits per heavy atom. The molecular formula is C9H17NO4. The molecule has 2 atom stereocenters. The van der Waals surface area contributed by atoms with E-state index < -0.39 is 18.3 Å². The van der Waals surface area contributed by atoms with Crippen molar-refractivity contribution in [1.82, 2.24) is 4.90 Å². The Bertz CT molecular complexity index is 197. The van der Waals surface area contributed by atoms with Crippen LogP contribution in [0.3, 0.4) is 0 Å². The van der Waals surface area contributed by atoms with Crippen LogP contribution < -0.4 is 0 Å². The van der Waals surface area contributed by atoms with Crippen LogP contribution in [0, 0.1) is 5.92 Å². The van der Waals surface area contributed by atoms with Crippen molar-refractivity contribution in [2.75, 3.05) is 19.7 Å². The molecule has 82 valence electrons. The molecule has 0 aromatic rings. The molecule has 0 aromatic carbocycles. The number of carbonyl (C=O) groups is 1. The van der Waals surface area contributed by atoms with Gasteiger partial charge in [0.25, 0.3) is 0 Å². The molecule has 2 N–H and O–H groups in total. The molecule has 1 aliphatic rings. The van der Waals surface area contributed by atoms with E-state index in [9.17, 15) is 15.0 Å². The third-order valence-electron chi connectivity index (χ3n) is 2.06. The number of ether oxygens (including phenoxy) is 1. The van der Waals surface area contributed by atoms with Gasteiger partial charge in [-0.15, -0.1) is 0 Å². The maximum atomic E-state index is 11.3. The Kier molecular flexibility index (Phi) is 3.71. The predicted octanol–water partition coefficient (Wildman–Crippen LogP) is -0.184. The predicted molar refractivity (Wildman–Crippen MR) is 49.8 cm³/mol. The van der Waals surface area contributed by atoms with E-state index in [1.54, 1.807) is 0 Å². The molecule has 0 radical (unpaired) electrons. The second-order valence-corrected chi connectivity index (χ2v) is 4.01. The van der Waals surface area contributed by atoms with E-state index in [2.05, 4.69) is 0 Å². The van der Waals surface area contributed by atoms with Gasteiger partial charge in [-0.25, -0.2) is 4.79 Å². The van der Waals surface area contributed by atoms with Crippen LogP contribution in [0.2, 0.25) is 0 Å². The second-order valence-electron chi connectivity index (χ2n) is 4.01. The molecule has 1 rings (SSSR count). The molecule has 0 bridgehead atoms. The monoisotopic (exact) mass is 203 g/mol. The standard InChI is InChI=1S/C9H17NO4/c1-6(2)5-14-9(13)10-3-7(11)8(12)4-10/h6-8,11-12H,3-5H2,1-2H3/t7-,8+. The lowest BCUT2D eigenvalue weighted by Gasteiger charge is -2.16. The Morgan fingerprint density at radius 1 is 1.43 bits per heavy atom. The highest BCUT2D eigenvalue weighted by atomic mass is 16.6. The van der Waals surface area contributed by atoms with Crippen molar-refractivity contribution in [3.63, 3.8) is 0 Å². The molecule has 0 aromatic heterocycles. The Balaban J connectivity index is 2.32. The third kappa shape index (κ3) is 2.85. The molecule has 5 heteroatoms. The lowest BCUT2D eigenvalue weighted by atomic mass is 10.2. The summed E-state index contributed by atoms with van der Waals surface area (Å²) in [4.78, 5) is 12.6. The Labute approximate surface area is 83.3 Å². The zero-order chi connectivity index (χ0) is 10.7. The molecule has 0 saturated carbocycles. The number of carbonyl (C=O) groups excluding carboxylic acids is 1. The Hall–Kier alpha value is -0.810. The number of hydrogen-bond donors (Lipinski definition) is 2. The number of amides is 1. The first-order chi connectivity index (χ1) is 6.50. The number of hydrogen-bond acceptors (Lipinski definition) is 4. The zero-order valence-corrected chi connectivity index (χ0v) is 8.51. The number of β-amino-alcohol motifs (C(OH)–C–C–N with tert-alkyl or cyclic N) is 2. The number of aliphatic hydroxyl groups is 2. The summed E-state index contributed by atoms with van der Waals surface area (Å²) < 4.78 is 4.95. The molecule has 14 heavy (non-hydrogen) atoms. The van der Waals surface area contributed by atoms with Crippen LogP contribution in [0.4, 0.5) is 4.79 Å². The van der Waals surface area contributed by atoms with Gasteiger partial charge in [-0.1, -0.05) is 13.8 Å². The van der Waals surface area contributed by atoms with E-state index in [0.29, 0.717) is 6.61 Å². The summed E-state index contributed by atoms with van der Waals surface area (Å²) in [6.07, 6.45) is -2.16. The van der Waals surface area contributed by atoms with Gasteiger partial charge < -0.3 is 19.8 Å². The largest absolute Gasteiger partial charge is 0.449 e. The summed E-state index contributed by atoms with van der Waals surface area (Å²) in [7, 11) is 0. The summed E-state index contributed by atoms with van der Waals surface area (Å²) in [6, 6.07) is 0. The highest BCUT2D eigenvalue weighted by molar-refractivity contribution is 5.68. The van der Waals surface area contributed by atoms with Crippen molar-refractivity contribution in [2.24, 2.45) is 5.92 Å². The van der Waals surface area contributed by atoms with Gasteiger partial charge in [0.2, 0.25) is 0 Å². The highest BCUT2D eigenvalue weighted by Crippen LogP contribution is 2.11. The normalized spacial score (nSPS) is 27.1. The van der Waals surface area contributed by atoms with Crippen molar-refractivity contribution in [1.29, 1.82) is 0 Å². The number of likely N-dealkylation sites (tertiary alicyclic amines) is 1. The summed E-state index contributed by atoms with van der Waals surface area (Å²) >= 11 is 0. The lowest BCUT2D eigenvalue weighted by Crippen LogP contribution is -2.31. The molecule has 1 fully saturated rings. The SMILES string of the molecule is CC(C)COC(=O)N1C[C@@H](O)[C@@H](O)C1. The van der Waals surface area contributed by atoms with Crippen LogP contribution in [0.1, 0.15) is 13.8 Å². The first-order valence-electron chi connectivity index (χ1n) is 4.78. The van der Waals surface area contributed by atoms with Crippen molar-refractivity contribution in [3.05, 3.63) is 0 Å². The van der Waals surface area contributed by atoms with Gasteiger partial charge in [-0.05, 0) is 5.92 Å². The number of aliphatic hydroxyl groups excluding tert-OH is 2. The van der Waals surface area contributed by atoms with Gasteiger partial charge in [0.15, 0.2) is 0 Å². The highest BCUT2D eigenvalue weighted by Gasteiger charge is 2.33. The fraction of sp³-hybridized carbons (Fsp3) is 0.889. The average Bonchev–Trinajstić information content (AvgIpc) is 2.43. The summed E-state index contributed by atoms with van der Waals surface area (Å²) in [5, 5.41) is 18.4. The van der Waals surface area contributed by atoms with E-state index in [1.807, 2.05) is 13.8 Å². The molecule has 1 saturated heterocycles. The van der Waals surface area contributed by atoms with E-state index >= 15 is 0 Å². The quantitative estimate of drug-likeness (QED) is 0.653. The van der Waals surface area contributed by atoms with Crippen molar-refractivity contribution in [3.8, 4) is 0 Å². The van der Waals surface area contributed by atoms with Crippen LogP contribution in [0.5, 0.6) is 0 Å². The van der Waals surface area contributed by atoms with Crippen LogP contribution in [0.15, 0.2) is 0 Å². The molecular weight excluding hydrogens is 186 g/mol. The minimum Gasteiger partial charge on any atom is -0.449 e. The molecule has 1 amide bonds. The van der Waals surface area contributed by atoms with E-state index in [0.717, 1.165) is 0 Å². The fourth-order valence-corrected chi connectivity index (χ4v) is 1.25. The van der Waals surface area contributed by atoms with E-state index in [-0.39, 0.29) is 19.0 Å². The molecule has 5 nitrogen and oxygen atoms in total. The second kappa shape index (κ2) is 4.61. The zero-order valence-electron chi connectivity index (χ0n) is 8.51. The molecule has 0 aliphatic carbocycles. The van der Waals surface area contributed by atoms with Gasteiger partial charge in [0, 0.05) is 0 Å². The van der Waals surface area contributed by atoms with Crippen molar-refractivity contribution < 1.29 is 19.7 Å². The summed E-state index contributed by atoms with van der Waals surface area (Å²) in [5.41, 5.74) is 0. The summed E-state index contributed by atoms with van der Waals surface area (Å²) in [6.45, 7) is 4.56. The van der Waals surface area contributed by atoms with Gasteiger partial charge >= 0.3 is 6.09 Å². The molecule has 0 spiro atoms. The smallest absolute Gasteiger partial charge is 0.409 e. The first-order valence-corrected chi connectivity index (χ1v) is 4.78. The molecule has 0 unspecified atom stereocenters. The molecule has 1 aliphatic heterocycles. The minimum absolute atomic E-state index is 0.151. The van der Waals surface area contributed by atoms with Gasteiger partial charge in [0.1, 0.15) is 0 Å².